The SMILES string of the molecule is CC(C)=C1C2ON(C(C)(C)C)C1C(=O)C(C)(C)ON2C(C)(C)C. The highest BCUT2D eigenvalue weighted by atomic mass is 16.8. The van der Waals surface area contributed by atoms with Crippen LogP contribution in [0.4, 0.5) is 0 Å². The molecule has 0 radical (unpaired) electrons. The average Bonchev–Trinajstić information content (AvgIpc) is 2.69. The van der Waals surface area contributed by atoms with Crippen molar-refractivity contribution >= 4 is 5.78 Å². The minimum atomic E-state index is -0.902. The number of carbonyl (C=O) groups excluding carboxylic acids is 1. The van der Waals surface area contributed by atoms with Gasteiger partial charge in [-0.1, -0.05) is 5.57 Å². The molecule has 2 saturated heterocycles. The molecule has 0 N–H and O–H groups in total. The molecule has 2 unspecified atom stereocenters. The summed E-state index contributed by atoms with van der Waals surface area (Å²) in [5, 5.41) is 3.70. The lowest BCUT2D eigenvalue weighted by Crippen LogP contribution is -2.58. The molecule has 0 aromatic carbocycles. The first-order valence-electron chi connectivity index (χ1n) is 8.34. The highest BCUT2D eigenvalue weighted by molar-refractivity contribution is 5.94. The molecule has 2 aliphatic heterocycles. The third-order valence-corrected chi connectivity index (χ3v) is 4.29. The summed E-state index contributed by atoms with van der Waals surface area (Å²) in [7, 11) is 0. The first-order valence-corrected chi connectivity index (χ1v) is 8.34. The topological polar surface area (TPSA) is 42.0 Å². The van der Waals surface area contributed by atoms with E-state index in [1.165, 1.54) is 0 Å². The molecule has 2 aliphatic rings. The Morgan fingerprint density at radius 2 is 1.48 bits per heavy atom. The fraction of sp³-hybridized carbons (Fsp3) is 0.833. The number of fused-ring (bicyclic) bond motifs is 2. The quantitative estimate of drug-likeness (QED) is 0.638. The summed E-state index contributed by atoms with van der Waals surface area (Å²) in [5.41, 5.74) is 0.625. The molecule has 23 heavy (non-hydrogen) atoms. The molecule has 5 heteroatoms. The van der Waals surface area contributed by atoms with E-state index in [1.807, 2.05) is 37.8 Å². The van der Waals surface area contributed by atoms with Crippen LogP contribution in [0.25, 0.3) is 0 Å². The zero-order valence-corrected chi connectivity index (χ0v) is 16.3. The summed E-state index contributed by atoms with van der Waals surface area (Å²) in [4.78, 5) is 25.7. The molecule has 0 saturated carbocycles. The van der Waals surface area contributed by atoms with Gasteiger partial charge in [-0.05, 0) is 69.2 Å². The normalized spacial score (nSPS) is 29.8. The summed E-state index contributed by atoms with van der Waals surface area (Å²) < 4.78 is 0. The smallest absolute Gasteiger partial charge is 0.189 e. The molecule has 2 atom stereocenters. The van der Waals surface area contributed by atoms with Crippen LogP contribution in [-0.2, 0) is 14.5 Å². The van der Waals surface area contributed by atoms with Crippen molar-refractivity contribution in [3.8, 4) is 0 Å². The molecule has 2 bridgehead atoms. The highest BCUT2D eigenvalue weighted by Crippen LogP contribution is 2.44. The van der Waals surface area contributed by atoms with Gasteiger partial charge in [-0.25, -0.2) is 0 Å². The van der Waals surface area contributed by atoms with Crippen molar-refractivity contribution in [2.75, 3.05) is 0 Å². The second-order valence-electron chi connectivity index (χ2n) is 9.27. The summed E-state index contributed by atoms with van der Waals surface area (Å²) in [6.07, 6.45) is -0.380. The molecule has 0 aliphatic carbocycles. The van der Waals surface area contributed by atoms with E-state index in [0.29, 0.717) is 0 Å². The van der Waals surface area contributed by atoms with Gasteiger partial charge < -0.3 is 0 Å². The van der Waals surface area contributed by atoms with Crippen molar-refractivity contribution in [2.45, 2.75) is 98.2 Å². The lowest BCUT2D eigenvalue weighted by Gasteiger charge is -2.44. The molecule has 0 aromatic heterocycles. The van der Waals surface area contributed by atoms with Gasteiger partial charge in [0.25, 0.3) is 0 Å². The van der Waals surface area contributed by atoms with Crippen LogP contribution in [0.15, 0.2) is 11.1 Å². The Labute approximate surface area is 140 Å². The third-order valence-electron chi connectivity index (χ3n) is 4.29. The van der Waals surface area contributed by atoms with Crippen molar-refractivity contribution in [2.24, 2.45) is 0 Å². The molecule has 132 valence electrons. The number of hydrogen-bond acceptors (Lipinski definition) is 5. The summed E-state index contributed by atoms with van der Waals surface area (Å²) in [6, 6.07) is -0.410. The van der Waals surface area contributed by atoms with Gasteiger partial charge in [0, 0.05) is 16.7 Å². The van der Waals surface area contributed by atoms with E-state index >= 15 is 0 Å². The first-order chi connectivity index (χ1) is 10.2. The highest BCUT2D eigenvalue weighted by Gasteiger charge is 2.58. The third kappa shape index (κ3) is 3.12. The number of nitrogens with zero attached hydrogens (tertiary/aromatic N) is 2. The number of ketones is 1. The van der Waals surface area contributed by atoms with Gasteiger partial charge in [0.1, 0.15) is 11.6 Å². The molecule has 0 spiro atoms. The van der Waals surface area contributed by atoms with Crippen LogP contribution >= 0.6 is 0 Å². The van der Waals surface area contributed by atoms with E-state index in [4.69, 9.17) is 9.68 Å². The zero-order valence-electron chi connectivity index (χ0n) is 16.3. The zero-order chi connectivity index (χ0) is 18.0. The fourth-order valence-corrected chi connectivity index (χ4v) is 3.13. The van der Waals surface area contributed by atoms with Gasteiger partial charge >= 0.3 is 0 Å². The molecule has 5 nitrogen and oxygen atoms in total. The predicted molar refractivity (Wildman–Crippen MR) is 90.4 cm³/mol. The number of rotatable bonds is 0. The van der Waals surface area contributed by atoms with Crippen LogP contribution in [0.5, 0.6) is 0 Å². The van der Waals surface area contributed by atoms with Crippen LogP contribution in [0.3, 0.4) is 0 Å². The van der Waals surface area contributed by atoms with E-state index in [9.17, 15) is 4.79 Å². The Bertz CT molecular complexity index is 533. The van der Waals surface area contributed by atoms with Crippen molar-refractivity contribution < 1.29 is 14.5 Å². The summed E-state index contributed by atoms with van der Waals surface area (Å²) >= 11 is 0. The van der Waals surface area contributed by atoms with Crippen LogP contribution in [-0.4, -0.2) is 44.9 Å². The van der Waals surface area contributed by atoms with Gasteiger partial charge in [-0.3, -0.25) is 14.5 Å². The fourth-order valence-electron chi connectivity index (χ4n) is 3.13. The Morgan fingerprint density at radius 3 is 1.87 bits per heavy atom. The Balaban J connectivity index is 2.68. The number of Topliss-reactive ketones (excluding diaryl/α,β-unsaturated/α-hetero) is 1. The van der Waals surface area contributed by atoms with Gasteiger partial charge in [-0.2, -0.15) is 5.06 Å². The average molecular weight is 324 g/mol. The number of allylic oxidation sites excluding steroid dienone is 1. The molecular formula is C18H32N2O3. The second-order valence-corrected chi connectivity index (χ2v) is 9.27. The maximum absolute atomic E-state index is 13.3. The Morgan fingerprint density at radius 1 is 1.00 bits per heavy atom. The largest absolute Gasteiger partial charge is 0.294 e. The monoisotopic (exact) mass is 324 g/mol. The van der Waals surface area contributed by atoms with E-state index in [2.05, 4.69) is 41.5 Å². The van der Waals surface area contributed by atoms with Gasteiger partial charge in [-0.15, -0.1) is 5.06 Å². The summed E-state index contributed by atoms with van der Waals surface area (Å²) in [6.45, 7) is 20.2. The lowest BCUT2D eigenvalue weighted by atomic mass is 9.88. The van der Waals surface area contributed by atoms with E-state index in [-0.39, 0.29) is 23.1 Å². The molecule has 2 heterocycles. The number of hydroxylamine groups is 4. The van der Waals surface area contributed by atoms with Gasteiger partial charge in [0.2, 0.25) is 0 Å². The van der Waals surface area contributed by atoms with Crippen molar-refractivity contribution in [1.82, 2.24) is 10.1 Å². The van der Waals surface area contributed by atoms with Crippen molar-refractivity contribution in [1.29, 1.82) is 0 Å². The molecule has 0 aromatic rings. The van der Waals surface area contributed by atoms with Crippen molar-refractivity contribution in [3.05, 3.63) is 11.1 Å². The number of hydrogen-bond donors (Lipinski definition) is 0. The van der Waals surface area contributed by atoms with Crippen LogP contribution in [0, 0.1) is 0 Å². The van der Waals surface area contributed by atoms with Gasteiger partial charge in [0.15, 0.2) is 12.0 Å². The van der Waals surface area contributed by atoms with E-state index in [0.717, 1.165) is 11.1 Å². The Hall–Kier alpha value is -0.750. The van der Waals surface area contributed by atoms with Crippen LogP contribution in [0.2, 0.25) is 0 Å². The van der Waals surface area contributed by atoms with Gasteiger partial charge in [0.05, 0.1) is 0 Å². The van der Waals surface area contributed by atoms with E-state index in [1.54, 1.807) is 0 Å². The van der Waals surface area contributed by atoms with Crippen molar-refractivity contribution in [3.63, 3.8) is 0 Å². The lowest BCUT2D eigenvalue weighted by molar-refractivity contribution is -0.361. The first kappa shape index (κ1) is 18.6. The maximum atomic E-state index is 13.3. The second kappa shape index (κ2) is 5.38. The predicted octanol–water partition coefficient (Wildman–Crippen LogP) is 3.46. The van der Waals surface area contributed by atoms with Crippen LogP contribution in [0.1, 0.15) is 69.2 Å². The maximum Gasteiger partial charge on any atom is 0.189 e. The molecular weight excluding hydrogens is 292 g/mol. The minimum Gasteiger partial charge on any atom is -0.294 e. The molecule has 2 fully saturated rings. The van der Waals surface area contributed by atoms with Crippen LogP contribution < -0.4 is 0 Å². The standard InChI is InChI=1S/C18H32N2O3/c1-11(2)12-13-14(21)18(9,10)23-20(17(6,7)8)15(12)22-19(13)16(3,4)5/h13,15H,1-10H3. The minimum absolute atomic E-state index is 0.0397. The molecule has 0 amide bonds. The summed E-state index contributed by atoms with van der Waals surface area (Å²) in [5.74, 6) is 0.0397. The Kier molecular flexibility index (Phi) is 4.35. The number of carbonyl (C=O) groups is 1. The molecule has 2 rings (SSSR count). The van der Waals surface area contributed by atoms with E-state index < -0.39 is 11.6 Å².